The smallest absolute Gasteiger partial charge is 0.175 e. The van der Waals surface area contributed by atoms with Crippen LogP contribution in [0.25, 0.3) is 11.0 Å². The van der Waals surface area contributed by atoms with E-state index >= 15 is 0 Å². The molecule has 0 unspecified atom stereocenters. The minimum Gasteiger partial charge on any atom is -0.507 e. The monoisotopic (exact) mass is 358 g/mol. The van der Waals surface area contributed by atoms with Crippen molar-refractivity contribution in [1.82, 2.24) is 10.1 Å². The summed E-state index contributed by atoms with van der Waals surface area (Å²) in [5.74, 6) is 0.244. The van der Waals surface area contributed by atoms with Gasteiger partial charge in [-0.1, -0.05) is 28.9 Å². The first-order valence-electron chi connectivity index (χ1n) is 8.34. The molecule has 1 aliphatic rings. The molecule has 2 heterocycles. The summed E-state index contributed by atoms with van der Waals surface area (Å²) < 4.78 is 11.0. The maximum Gasteiger partial charge on any atom is 0.175 e. The first-order valence-corrected chi connectivity index (χ1v) is 8.72. The third-order valence-electron chi connectivity index (χ3n) is 4.56. The van der Waals surface area contributed by atoms with Gasteiger partial charge in [0, 0.05) is 36.5 Å². The van der Waals surface area contributed by atoms with Gasteiger partial charge >= 0.3 is 0 Å². The summed E-state index contributed by atoms with van der Waals surface area (Å²) in [5, 5.41) is 16.2. The van der Waals surface area contributed by atoms with Gasteiger partial charge in [0.2, 0.25) is 0 Å². The van der Waals surface area contributed by atoms with Crippen molar-refractivity contribution in [3.63, 3.8) is 0 Å². The zero-order valence-corrected chi connectivity index (χ0v) is 14.5. The molecule has 130 valence electrons. The Kier molecular flexibility index (Phi) is 4.61. The zero-order chi connectivity index (χ0) is 17.2. The van der Waals surface area contributed by atoms with E-state index in [2.05, 4.69) is 10.1 Å². The number of ether oxygens (including phenoxy) is 1. The third kappa shape index (κ3) is 3.49. The van der Waals surface area contributed by atoms with Crippen LogP contribution in [0.1, 0.15) is 16.8 Å². The lowest BCUT2D eigenvalue weighted by Crippen LogP contribution is -2.35. The predicted octanol–water partition coefficient (Wildman–Crippen LogP) is 3.61. The Hall–Kier alpha value is -2.08. The Labute approximate surface area is 150 Å². The number of hydrogen-bond acceptors (Lipinski definition) is 5. The van der Waals surface area contributed by atoms with Gasteiger partial charge in [-0.15, -0.1) is 0 Å². The molecule has 0 amide bonds. The van der Waals surface area contributed by atoms with Crippen LogP contribution in [-0.4, -0.2) is 41.5 Å². The van der Waals surface area contributed by atoms with Gasteiger partial charge < -0.3 is 14.4 Å². The minimum absolute atomic E-state index is 0.244. The summed E-state index contributed by atoms with van der Waals surface area (Å²) in [4.78, 5) is 2.25. The molecule has 1 aromatic heterocycles. The largest absolute Gasteiger partial charge is 0.507 e. The highest BCUT2D eigenvalue weighted by Crippen LogP contribution is 2.31. The Morgan fingerprint density at radius 2 is 1.84 bits per heavy atom. The van der Waals surface area contributed by atoms with E-state index in [-0.39, 0.29) is 5.75 Å². The van der Waals surface area contributed by atoms with Gasteiger partial charge in [0.1, 0.15) is 5.75 Å². The van der Waals surface area contributed by atoms with Crippen LogP contribution < -0.4 is 0 Å². The number of aromatic nitrogens is 1. The van der Waals surface area contributed by atoms with E-state index in [0.717, 1.165) is 48.5 Å². The molecule has 0 atom stereocenters. The number of morpholine rings is 1. The number of nitrogens with zero attached hydrogens (tertiary/aromatic N) is 2. The molecular weight excluding hydrogens is 340 g/mol. The van der Waals surface area contributed by atoms with Crippen LogP contribution >= 0.6 is 11.6 Å². The van der Waals surface area contributed by atoms with Crippen molar-refractivity contribution in [2.45, 2.75) is 13.0 Å². The topological polar surface area (TPSA) is 58.7 Å². The number of phenols is 1. The van der Waals surface area contributed by atoms with E-state index in [1.54, 1.807) is 6.07 Å². The van der Waals surface area contributed by atoms with Crippen LogP contribution in [-0.2, 0) is 17.7 Å². The molecule has 0 bridgehead atoms. The molecule has 3 aromatic rings. The van der Waals surface area contributed by atoms with Crippen molar-refractivity contribution >= 4 is 22.6 Å². The number of fused-ring (bicyclic) bond motifs is 1. The molecule has 4 rings (SSSR count). The Morgan fingerprint density at radius 1 is 1.08 bits per heavy atom. The molecule has 0 saturated carbocycles. The number of benzene rings is 2. The predicted molar refractivity (Wildman–Crippen MR) is 96.0 cm³/mol. The molecule has 2 aromatic carbocycles. The second-order valence-corrected chi connectivity index (χ2v) is 6.70. The number of halogens is 1. The number of aromatic hydroxyl groups is 1. The summed E-state index contributed by atoms with van der Waals surface area (Å²) >= 11 is 5.94. The lowest BCUT2D eigenvalue weighted by Gasteiger charge is -2.26. The highest BCUT2D eigenvalue weighted by molar-refractivity contribution is 6.30. The molecule has 5 nitrogen and oxygen atoms in total. The highest BCUT2D eigenvalue weighted by atomic mass is 35.5. The van der Waals surface area contributed by atoms with Crippen molar-refractivity contribution in [2.24, 2.45) is 0 Å². The maximum atomic E-state index is 10.3. The lowest BCUT2D eigenvalue weighted by atomic mass is 10.0. The third-order valence-corrected chi connectivity index (χ3v) is 4.82. The zero-order valence-electron chi connectivity index (χ0n) is 13.7. The fourth-order valence-electron chi connectivity index (χ4n) is 3.16. The van der Waals surface area contributed by atoms with Crippen LogP contribution in [0, 0.1) is 0 Å². The molecule has 6 heteroatoms. The van der Waals surface area contributed by atoms with Crippen molar-refractivity contribution in [1.29, 1.82) is 0 Å². The van der Waals surface area contributed by atoms with Gasteiger partial charge in [-0.05, 0) is 29.8 Å². The number of rotatable bonds is 4. The lowest BCUT2D eigenvalue weighted by molar-refractivity contribution is 0.0339. The SMILES string of the molecule is Oc1ccc2c(Cc3ccc(Cl)cc3)noc2c1CN1CCOCC1. The van der Waals surface area contributed by atoms with Gasteiger partial charge in [0.05, 0.1) is 24.5 Å². The quantitative estimate of drug-likeness (QED) is 0.772. The van der Waals surface area contributed by atoms with Crippen molar-refractivity contribution < 1.29 is 14.4 Å². The van der Waals surface area contributed by atoms with Crippen molar-refractivity contribution in [3.05, 3.63) is 58.2 Å². The molecule has 0 radical (unpaired) electrons. The summed E-state index contributed by atoms with van der Waals surface area (Å²) in [7, 11) is 0. The van der Waals surface area contributed by atoms with Gasteiger partial charge in [-0.2, -0.15) is 0 Å². The van der Waals surface area contributed by atoms with Crippen LogP contribution in [0.3, 0.4) is 0 Å². The fourth-order valence-corrected chi connectivity index (χ4v) is 3.28. The average molecular weight is 359 g/mol. The van der Waals surface area contributed by atoms with E-state index in [0.29, 0.717) is 23.6 Å². The standard InChI is InChI=1S/C19H19ClN2O3/c20-14-3-1-13(2-4-14)11-17-15-5-6-18(23)16(19(15)25-21-17)12-22-7-9-24-10-8-22/h1-6,23H,7-12H2. The Bertz CT molecular complexity index is 870. The molecule has 1 saturated heterocycles. The average Bonchev–Trinajstić information content (AvgIpc) is 3.03. The van der Waals surface area contributed by atoms with E-state index in [1.807, 2.05) is 30.3 Å². The first-order chi connectivity index (χ1) is 12.2. The minimum atomic E-state index is 0.244. The summed E-state index contributed by atoms with van der Waals surface area (Å²) in [6.45, 7) is 3.76. The molecule has 1 N–H and O–H groups in total. The molecule has 1 fully saturated rings. The van der Waals surface area contributed by atoms with E-state index in [1.165, 1.54) is 0 Å². The molecule has 0 aliphatic carbocycles. The van der Waals surface area contributed by atoms with Crippen LogP contribution in [0.5, 0.6) is 5.75 Å². The van der Waals surface area contributed by atoms with Crippen molar-refractivity contribution in [2.75, 3.05) is 26.3 Å². The van der Waals surface area contributed by atoms with Gasteiger partial charge in [0.25, 0.3) is 0 Å². The first kappa shape index (κ1) is 16.4. The van der Waals surface area contributed by atoms with Crippen LogP contribution in [0.2, 0.25) is 5.02 Å². The van der Waals surface area contributed by atoms with Crippen molar-refractivity contribution in [3.8, 4) is 5.75 Å². The van der Waals surface area contributed by atoms with Gasteiger partial charge in [-0.3, -0.25) is 4.90 Å². The summed E-state index contributed by atoms with van der Waals surface area (Å²) in [5.41, 5.74) is 3.42. The summed E-state index contributed by atoms with van der Waals surface area (Å²) in [6.07, 6.45) is 0.659. The second kappa shape index (κ2) is 7.04. The fraction of sp³-hybridized carbons (Fsp3) is 0.316. The number of phenolic OH excluding ortho intramolecular Hbond substituents is 1. The Morgan fingerprint density at radius 3 is 2.60 bits per heavy atom. The van der Waals surface area contributed by atoms with Crippen LogP contribution in [0.15, 0.2) is 40.9 Å². The maximum absolute atomic E-state index is 10.3. The normalized spacial score (nSPS) is 15.7. The van der Waals surface area contributed by atoms with Gasteiger partial charge in [0.15, 0.2) is 5.58 Å². The van der Waals surface area contributed by atoms with E-state index < -0.39 is 0 Å². The molecule has 0 spiro atoms. The van der Waals surface area contributed by atoms with Gasteiger partial charge in [-0.25, -0.2) is 0 Å². The summed E-state index contributed by atoms with van der Waals surface area (Å²) in [6, 6.07) is 11.3. The van der Waals surface area contributed by atoms with Crippen LogP contribution in [0.4, 0.5) is 0 Å². The molecular formula is C19H19ClN2O3. The number of hydrogen-bond donors (Lipinski definition) is 1. The second-order valence-electron chi connectivity index (χ2n) is 6.26. The molecule has 25 heavy (non-hydrogen) atoms. The highest BCUT2D eigenvalue weighted by Gasteiger charge is 2.19. The van der Waals surface area contributed by atoms with E-state index in [9.17, 15) is 5.11 Å². The molecule has 1 aliphatic heterocycles. The Balaban J connectivity index is 1.64. The van der Waals surface area contributed by atoms with E-state index in [4.69, 9.17) is 20.9 Å².